The number of likely N-dealkylation sites (tertiary alicyclic amines) is 1. The molecule has 1 N–H and O–H groups in total. The molecule has 1 spiro atoms. The van der Waals surface area contributed by atoms with Gasteiger partial charge in [0.25, 0.3) is 0 Å². The van der Waals surface area contributed by atoms with Crippen LogP contribution >= 0.6 is 0 Å². The average molecular weight is 493 g/mol. The van der Waals surface area contributed by atoms with Gasteiger partial charge in [0.2, 0.25) is 18.6 Å². The highest BCUT2D eigenvalue weighted by molar-refractivity contribution is 5.93. The first-order valence-electron chi connectivity index (χ1n) is 12.0. The minimum Gasteiger partial charge on any atom is -0.493 e. The summed E-state index contributed by atoms with van der Waals surface area (Å²) in [5, 5.41) is 3.02. The van der Waals surface area contributed by atoms with Gasteiger partial charge < -0.3 is 33.9 Å². The Kier molecular flexibility index (Phi) is 5.52. The Morgan fingerprint density at radius 3 is 2.72 bits per heavy atom. The SMILES string of the molecule is COc1ccc(CCNC(=O)[C@H]2[C@@H]3C=C[C@@]4(CN(Cc5ccc6c(c5)OCO6)C(=O)[C@H]24)O3)cc1OC. The normalized spacial score (nSPS) is 26.9. The first kappa shape index (κ1) is 22.7. The van der Waals surface area contributed by atoms with Crippen LogP contribution in [-0.4, -0.2) is 62.5 Å². The zero-order valence-electron chi connectivity index (χ0n) is 20.2. The molecule has 4 aliphatic rings. The molecule has 2 bridgehead atoms. The first-order chi connectivity index (χ1) is 17.5. The van der Waals surface area contributed by atoms with Crippen molar-refractivity contribution in [2.75, 3.05) is 34.1 Å². The number of carbonyl (C=O) groups is 2. The van der Waals surface area contributed by atoms with Crippen LogP contribution in [0.1, 0.15) is 11.1 Å². The van der Waals surface area contributed by atoms with E-state index in [2.05, 4.69) is 5.32 Å². The fourth-order valence-electron chi connectivity index (χ4n) is 5.76. The van der Waals surface area contributed by atoms with E-state index in [1.165, 1.54) is 0 Å². The smallest absolute Gasteiger partial charge is 0.231 e. The molecule has 2 amide bonds. The van der Waals surface area contributed by atoms with Gasteiger partial charge in [-0.25, -0.2) is 0 Å². The van der Waals surface area contributed by atoms with Crippen molar-refractivity contribution >= 4 is 11.8 Å². The second-order valence-electron chi connectivity index (χ2n) is 9.51. The molecule has 4 aliphatic heterocycles. The summed E-state index contributed by atoms with van der Waals surface area (Å²) in [6, 6.07) is 11.4. The molecule has 2 fully saturated rings. The van der Waals surface area contributed by atoms with Gasteiger partial charge in [-0.3, -0.25) is 9.59 Å². The number of carbonyl (C=O) groups excluding carboxylic acids is 2. The highest BCUT2D eigenvalue weighted by atomic mass is 16.7. The van der Waals surface area contributed by atoms with Gasteiger partial charge in [0.15, 0.2) is 23.0 Å². The first-order valence-corrected chi connectivity index (χ1v) is 12.0. The van der Waals surface area contributed by atoms with Gasteiger partial charge in [-0.2, -0.15) is 0 Å². The van der Waals surface area contributed by atoms with E-state index in [0.29, 0.717) is 49.1 Å². The third-order valence-corrected chi connectivity index (χ3v) is 7.45. The van der Waals surface area contributed by atoms with Crippen LogP contribution in [0.3, 0.4) is 0 Å². The summed E-state index contributed by atoms with van der Waals surface area (Å²) in [7, 11) is 3.19. The Morgan fingerprint density at radius 1 is 1.08 bits per heavy atom. The predicted molar refractivity (Wildman–Crippen MR) is 128 cm³/mol. The number of fused-ring (bicyclic) bond motifs is 2. The molecule has 4 atom stereocenters. The Balaban J connectivity index is 1.12. The molecule has 0 unspecified atom stereocenters. The molecule has 4 heterocycles. The van der Waals surface area contributed by atoms with Crippen LogP contribution in [-0.2, 0) is 27.3 Å². The molecule has 0 aliphatic carbocycles. The maximum Gasteiger partial charge on any atom is 0.231 e. The van der Waals surface area contributed by atoms with Crippen LogP contribution in [0.4, 0.5) is 0 Å². The summed E-state index contributed by atoms with van der Waals surface area (Å²) in [6.45, 7) is 1.49. The van der Waals surface area contributed by atoms with E-state index >= 15 is 0 Å². The number of ether oxygens (including phenoxy) is 5. The summed E-state index contributed by atoms with van der Waals surface area (Å²) < 4.78 is 27.7. The molecule has 6 rings (SSSR count). The van der Waals surface area contributed by atoms with Crippen LogP contribution < -0.4 is 24.3 Å². The lowest BCUT2D eigenvalue weighted by Gasteiger charge is -2.23. The molecule has 188 valence electrons. The number of benzene rings is 2. The van der Waals surface area contributed by atoms with Crippen molar-refractivity contribution < 1.29 is 33.3 Å². The monoisotopic (exact) mass is 492 g/mol. The molecule has 9 heteroatoms. The van der Waals surface area contributed by atoms with Gasteiger partial charge in [0.1, 0.15) is 5.60 Å². The van der Waals surface area contributed by atoms with Crippen LogP contribution in [0.5, 0.6) is 23.0 Å². The molecular formula is C27H28N2O7. The zero-order valence-corrected chi connectivity index (χ0v) is 20.2. The number of methoxy groups -OCH3 is 2. The van der Waals surface area contributed by atoms with Gasteiger partial charge >= 0.3 is 0 Å². The Bertz CT molecular complexity index is 1240. The van der Waals surface area contributed by atoms with E-state index in [-0.39, 0.29) is 24.7 Å². The summed E-state index contributed by atoms with van der Waals surface area (Å²) in [6.07, 6.45) is 4.13. The van der Waals surface area contributed by atoms with E-state index < -0.39 is 17.4 Å². The van der Waals surface area contributed by atoms with Crippen molar-refractivity contribution in [1.29, 1.82) is 0 Å². The van der Waals surface area contributed by atoms with Gasteiger partial charge in [-0.05, 0) is 41.8 Å². The van der Waals surface area contributed by atoms with Crippen molar-refractivity contribution in [3.8, 4) is 23.0 Å². The third kappa shape index (κ3) is 3.65. The number of amides is 2. The summed E-state index contributed by atoms with van der Waals surface area (Å²) in [4.78, 5) is 28.5. The maximum atomic E-state index is 13.5. The summed E-state index contributed by atoms with van der Waals surface area (Å²) in [5.41, 5.74) is 1.21. The van der Waals surface area contributed by atoms with Crippen LogP contribution in [0.2, 0.25) is 0 Å². The molecule has 2 aromatic rings. The fraction of sp³-hybridized carbons (Fsp3) is 0.407. The lowest BCUT2D eigenvalue weighted by molar-refractivity contribution is -0.137. The predicted octanol–water partition coefficient (Wildman–Crippen LogP) is 2.07. The molecule has 36 heavy (non-hydrogen) atoms. The number of hydrogen-bond acceptors (Lipinski definition) is 7. The minimum atomic E-state index is -0.747. The van der Waals surface area contributed by atoms with Crippen molar-refractivity contribution in [2.45, 2.75) is 24.7 Å². The van der Waals surface area contributed by atoms with E-state index in [9.17, 15) is 9.59 Å². The maximum absolute atomic E-state index is 13.5. The van der Waals surface area contributed by atoms with Crippen molar-refractivity contribution in [1.82, 2.24) is 10.2 Å². The highest BCUT2D eigenvalue weighted by Gasteiger charge is 2.66. The van der Waals surface area contributed by atoms with Crippen LogP contribution in [0.25, 0.3) is 0 Å². The molecule has 9 nitrogen and oxygen atoms in total. The Hall–Kier alpha value is -3.72. The Morgan fingerprint density at radius 2 is 1.89 bits per heavy atom. The summed E-state index contributed by atoms with van der Waals surface area (Å²) in [5.74, 6) is 1.41. The number of nitrogens with one attached hydrogen (secondary N) is 1. The van der Waals surface area contributed by atoms with Crippen LogP contribution in [0, 0.1) is 11.8 Å². The van der Waals surface area contributed by atoms with E-state index in [1.54, 1.807) is 19.1 Å². The van der Waals surface area contributed by atoms with Crippen molar-refractivity contribution in [3.63, 3.8) is 0 Å². The largest absolute Gasteiger partial charge is 0.493 e. The molecular weight excluding hydrogens is 464 g/mol. The Labute approximate surface area is 208 Å². The third-order valence-electron chi connectivity index (χ3n) is 7.45. The second kappa shape index (κ2) is 8.74. The van der Waals surface area contributed by atoms with Gasteiger partial charge in [-0.15, -0.1) is 0 Å². The number of rotatable bonds is 8. The average Bonchev–Trinajstić information content (AvgIpc) is 3.65. The van der Waals surface area contributed by atoms with Crippen LogP contribution in [0.15, 0.2) is 48.6 Å². The molecule has 0 saturated carbocycles. The van der Waals surface area contributed by atoms with Gasteiger partial charge in [-0.1, -0.05) is 24.3 Å². The number of nitrogens with zero attached hydrogens (tertiary/aromatic N) is 1. The second-order valence-corrected chi connectivity index (χ2v) is 9.51. The lowest BCUT2D eigenvalue weighted by Crippen LogP contribution is -2.44. The molecule has 0 aromatic heterocycles. The standard InChI is InChI=1S/C27H28N2O7/c1-32-18-5-3-16(11-21(18)33-2)8-10-28-25(30)23-20-7-9-27(36-20)14-29(26(31)24(23)27)13-17-4-6-19-22(12-17)35-15-34-19/h3-7,9,11-12,20,23-24H,8,10,13-15H2,1-2H3,(H,28,30)/t20-,23-,24-,27-/m0/s1. The van der Waals surface area contributed by atoms with E-state index in [0.717, 1.165) is 11.1 Å². The highest BCUT2D eigenvalue weighted by Crippen LogP contribution is 2.52. The molecule has 2 aromatic carbocycles. The fourth-order valence-corrected chi connectivity index (χ4v) is 5.76. The van der Waals surface area contributed by atoms with Crippen molar-refractivity contribution in [3.05, 3.63) is 59.7 Å². The molecule has 2 saturated heterocycles. The molecule has 0 radical (unpaired) electrons. The lowest BCUT2D eigenvalue weighted by atomic mass is 9.77. The quantitative estimate of drug-likeness (QED) is 0.564. The number of hydrogen-bond donors (Lipinski definition) is 1. The van der Waals surface area contributed by atoms with E-state index in [1.807, 2.05) is 48.6 Å². The zero-order chi connectivity index (χ0) is 24.9. The summed E-state index contributed by atoms with van der Waals surface area (Å²) >= 11 is 0. The van der Waals surface area contributed by atoms with Gasteiger partial charge in [0.05, 0.1) is 38.7 Å². The minimum absolute atomic E-state index is 0.0560. The topological polar surface area (TPSA) is 95.6 Å². The van der Waals surface area contributed by atoms with E-state index in [4.69, 9.17) is 23.7 Å². The van der Waals surface area contributed by atoms with Crippen molar-refractivity contribution in [2.24, 2.45) is 11.8 Å². The van der Waals surface area contributed by atoms with Gasteiger partial charge in [0, 0.05) is 13.1 Å².